The van der Waals surface area contributed by atoms with Gasteiger partial charge < -0.3 is 0 Å². The maximum atomic E-state index is 3.76. The zero-order valence-corrected chi connectivity index (χ0v) is 34.5. The summed E-state index contributed by atoms with van der Waals surface area (Å²) in [5, 5.41) is 0. The van der Waals surface area contributed by atoms with Crippen molar-refractivity contribution in [1.82, 2.24) is 0 Å². The van der Waals surface area contributed by atoms with Gasteiger partial charge in [0.2, 0.25) is 16.1 Å². The molecule has 0 bridgehead atoms. The zero-order chi connectivity index (χ0) is 38.6. The molecule has 0 aliphatic carbocycles. The molecular formula is C52H44Si2. The maximum Gasteiger partial charge on any atom is 0.222 e. The molecule has 0 saturated carbocycles. The topological polar surface area (TPSA) is 0 Å². The molecule has 4 aromatic rings. The van der Waals surface area contributed by atoms with Gasteiger partial charge in [-0.15, -0.1) is 22.2 Å². The number of fused-ring (bicyclic) bond motifs is 4. The Hall–Kier alpha value is -6.21. The van der Waals surface area contributed by atoms with Crippen LogP contribution in [0.15, 0.2) is 97.1 Å². The van der Waals surface area contributed by atoms with Crippen molar-refractivity contribution in [2.24, 2.45) is 0 Å². The molecule has 0 fully saturated rings. The molecule has 0 N–H and O–H groups in total. The third-order valence-corrected chi connectivity index (χ3v) is 19.3. The predicted molar refractivity (Wildman–Crippen MR) is 233 cm³/mol. The SMILES string of the molecule is CC(C)[Si]1(C(C)C)C#Cc2ccccc2C#CC#Cc2ccccc2C#C[Si](C(C)C)(C(C)C)C#Cc2ccccc2C#CC#Cc2ccccc2C#C1. The quantitative estimate of drug-likeness (QED) is 0.145. The first-order chi connectivity index (χ1) is 26.1. The smallest absolute Gasteiger partial charge is 0.110 e. The molecule has 260 valence electrons. The van der Waals surface area contributed by atoms with E-state index in [1.54, 1.807) is 0 Å². The predicted octanol–water partition coefficient (Wildman–Crippen LogP) is 10.3. The van der Waals surface area contributed by atoms with Crippen LogP contribution in [-0.2, 0) is 0 Å². The van der Waals surface area contributed by atoms with E-state index in [1.807, 2.05) is 97.1 Å². The Morgan fingerprint density at radius 1 is 0.278 bits per heavy atom. The maximum absolute atomic E-state index is 3.76. The molecule has 0 nitrogen and oxygen atoms in total. The lowest BCUT2D eigenvalue weighted by atomic mass is 10.1. The molecule has 0 aromatic heterocycles. The molecule has 0 spiro atoms. The summed E-state index contributed by atoms with van der Waals surface area (Å²) < 4.78 is 0. The van der Waals surface area contributed by atoms with Crippen LogP contribution < -0.4 is 0 Å². The van der Waals surface area contributed by atoms with Crippen LogP contribution in [0.2, 0.25) is 22.2 Å². The van der Waals surface area contributed by atoms with Gasteiger partial charge in [0, 0.05) is 44.5 Å². The zero-order valence-electron chi connectivity index (χ0n) is 32.5. The summed E-state index contributed by atoms with van der Waals surface area (Å²) in [5.74, 6) is 39.7. The van der Waals surface area contributed by atoms with Crippen LogP contribution in [-0.4, -0.2) is 16.1 Å². The average Bonchev–Trinajstić information content (AvgIpc) is 3.16. The van der Waals surface area contributed by atoms with Crippen LogP contribution in [0.4, 0.5) is 0 Å². The fourth-order valence-electron chi connectivity index (χ4n) is 6.43. The van der Waals surface area contributed by atoms with Crippen LogP contribution in [0.5, 0.6) is 0 Å². The van der Waals surface area contributed by atoms with Crippen LogP contribution in [0, 0.1) is 93.2 Å². The minimum Gasteiger partial charge on any atom is -0.110 e. The second-order valence-electron chi connectivity index (χ2n) is 14.5. The first kappa shape index (κ1) is 39.0. The summed E-state index contributed by atoms with van der Waals surface area (Å²) in [6, 6.07) is 32.1. The van der Waals surface area contributed by atoms with Crippen LogP contribution in [0.3, 0.4) is 0 Å². The number of hydrogen-bond acceptors (Lipinski definition) is 0. The summed E-state index contributed by atoms with van der Waals surface area (Å²) in [5.41, 5.74) is 23.2. The monoisotopic (exact) mass is 724 g/mol. The van der Waals surface area contributed by atoms with Gasteiger partial charge in [-0.3, -0.25) is 0 Å². The van der Waals surface area contributed by atoms with Gasteiger partial charge in [-0.05, 0) is 94.4 Å². The molecule has 0 unspecified atom stereocenters. The highest BCUT2D eigenvalue weighted by atomic mass is 28.3. The largest absolute Gasteiger partial charge is 0.222 e. The van der Waals surface area contributed by atoms with Crippen molar-refractivity contribution in [3.05, 3.63) is 142 Å². The van der Waals surface area contributed by atoms with E-state index in [9.17, 15) is 0 Å². The second kappa shape index (κ2) is 18.0. The highest BCUT2D eigenvalue weighted by molar-refractivity contribution is 6.96. The summed E-state index contributed by atoms with van der Waals surface area (Å²) in [7, 11) is -4.94. The Bertz CT molecular complexity index is 2210. The van der Waals surface area contributed by atoms with E-state index in [0.717, 1.165) is 44.5 Å². The molecule has 0 saturated heterocycles. The van der Waals surface area contributed by atoms with Gasteiger partial charge >= 0.3 is 0 Å². The Morgan fingerprint density at radius 3 is 0.611 bits per heavy atom. The van der Waals surface area contributed by atoms with Gasteiger partial charge in [0.15, 0.2) is 0 Å². The number of rotatable bonds is 4. The van der Waals surface area contributed by atoms with Gasteiger partial charge in [0.25, 0.3) is 0 Å². The first-order valence-corrected chi connectivity index (χ1v) is 22.9. The van der Waals surface area contributed by atoms with Crippen LogP contribution in [0.1, 0.15) is 99.9 Å². The molecule has 0 radical (unpaired) electrons. The van der Waals surface area contributed by atoms with E-state index in [4.69, 9.17) is 0 Å². The molecule has 1 aliphatic rings. The van der Waals surface area contributed by atoms with E-state index in [1.165, 1.54) is 0 Å². The van der Waals surface area contributed by atoms with Crippen molar-refractivity contribution in [3.8, 4) is 93.2 Å². The molecule has 2 heteroatoms. The summed E-state index contributed by atoms with van der Waals surface area (Å²) in [6.45, 7) is 18.0. The Morgan fingerprint density at radius 2 is 0.444 bits per heavy atom. The van der Waals surface area contributed by atoms with E-state index in [0.29, 0.717) is 22.2 Å². The standard InChI is InChI=1S/C52H44Si2/c1-41(2)53(42(3)4)37-33-49-29-17-13-25-45(49)21-9-11-23-47-27-15-19-31-51(47)35-39-54(43(5)6,44(7)8)40-36-52-32-20-16-28-48(52)24-12-10-22-46-26-14-18-30-50(46)34-38-53/h13-20,25-32,41-44H,1-8H3. The van der Waals surface area contributed by atoms with Crippen molar-refractivity contribution < 1.29 is 0 Å². The van der Waals surface area contributed by atoms with Crippen molar-refractivity contribution in [2.75, 3.05) is 0 Å². The fraction of sp³-hybridized carbons (Fsp3) is 0.231. The second-order valence-corrected chi connectivity index (χ2v) is 23.6. The molecule has 5 rings (SSSR count). The minimum absolute atomic E-state index is 0.304. The highest BCUT2D eigenvalue weighted by Crippen LogP contribution is 2.33. The third kappa shape index (κ3) is 9.23. The lowest BCUT2D eigenvalue weighted by molar-refractivity contribution is 0.934. The van der Waals surface area contributed by atoms with Crippen molar-refractivity contribution in [2.45, 2.75) is 77.6 Å². The number of hydrogen-bond donors (Lipinski definition) is 0. The van der Waals surface area contributed by atoms with Crippen LogP contribution in [0.25, 0.3) is 0 Å². The van der Waals surface area contributed by atoms with Gasteiger partial charge in [-0.25, -0.2) is 0 Å². The van der Waals surface area contributed by atoms with E-state index >= 15 is 0 Å². The van der Waals surface area contributed by atoms with E-state index in [-0.39, 0.29) is 0 Å². The molecular weight excluding hydrogens is 681 g/mol. The lowest BCUT2D eigenvalue weighted by Gasteiger charge is -2.28. The normalized spacial score (nSPS) is 13.4. The molecule has 1 heterocycles. The fourth-order valence-corrected chi connectivity index (χ4v) is 12.9. The van der Waals surface area contributed by atoms with Crippen LogP contribution >= 0.6 is 0 Å². The van der Waals surface area contributed by atoms with E-state index < -0.39 is 16.1 Å². The minimum atomic E-state index is -2.47. The van der Waals surface area contributed by atoms with Crippen molar-refractivity contribution in [1.29, 1.82) is 0 Å². The molecule has 0 amide bonds. The molecule has 4 aromatic carbocycles. The molecule has 54 heavy (non-hydrogen) atoms. The van der Waals surface area contributed by atoms with Crippen molar-refractivity contribution >= 4 is 16.1 Å². The van der Waals surface area contributed by atoms with Gasteiger partial charge in [0.05, 0.1) is 0 Å². The molecule has 0 atom stereocenters. The average molecular weight is 725 g/mol. The summed E-state index contributed by atoms with van der Waals surface area (Å²) in [4.78, 5) is 0. The third-order valence-electron chi connectivity index (χ3n) is 9.88. The van der Waals surface area contributed by atoms with Gasteiger partial charge in [-0.1, -0.05) is 151 Å². The first-order valence-electron chi connectivity index (χ1n) is 18.6. The number of benzene rings is 4. The van der Waals surface area contributed by atoms with Gasteiger partial charge in [0.1, 0.15) is 0 Å². The lowest BCUT2D eigenvalue weighted by Crippen LogP contribution is -2.39. The van der Waals surface area contributed by atoms with Crippen molar-refractivity contribution in [3.63, 3.8) is 0 Å². The Balaban J connectivity index is 1.75. The highest BCUT2D eigenvalue weighted by Gasteiger charge is 2.38. The van der Waals surface area contributed by atoms with E-state index in [2.05, 4.69) is 149 Å². The summed E-state index contributed by atoms with van der Waals surface area (Å²) in [6.07, 6.45) is 0. The van der Waals surface area contributed by atoms with Gasteiger partial charge in [-0.2, -0.15) is 0 Å². The molecule has 1 aliphatic heterocycles. The summed E-state index contributed by atoms with van der Waals surface area (Å²) >= 11 is 0. The Kier molecular flexibility index (Phi) is 13.0. The Labute approximate surface area is 327 Å².